The van der Waals surface area contributed by atoms with Crippen molar-refractivity contribution in [2.45, 2.75) is 43.8 Å². The predicted molar refractivity (Wildman–Crippen MR) is 117 cm³/mol. The van der Waals surface area contributed by atoms with Gasteiger partial charge in [-0.1, -0.05) is 17.7 Å². The number of hydrogen-bond acceptors (Lipinski definition) is 4. The number of halogens is 4. The third-order valence-corrected chi connectivity index (χ3v) is 6.63. The molecule has 2 atom stereocenters. The molecule has 2 aromatic rings. The van der Waals surface area contributed by atoms with E-state index >= 15 is 0 Å². The zero-order valence-corrected chi connectivity index (χ0v) is 18.7. The van der Waals surface area contributed by atoms with Crippen molar-refractivity contribution in [3.05, 3.63) is 58.9 Å². The van der Waals surface area contributed by atoms with Gasteiger partial charge in [0, 0.05) is 42.3 Å². The summed E-state index contributed by atoms with van der Waals surface area (Å²) in [7, 11) is 3.71. The monoisotopic (exact) mass is 469 g/mol. The largest absolute Gasteiger partial charge is 0.508 e. The Hall–Kier alpha value is -2.32. The molecule has 9 heteroatoms. The van der Waals surface area contributed by atoms with Gasteiger partial charge in [0.05, 0.1) is 5.41 Å². The van der Waals surface area contributed by atoms with E-state index in [1.54, 1.807) is 18.2 Å². The SMILES string of the molecule is CN(C)C(CNC(=O)CC(c1ccncc1)C1(C(F)(F)F)CC1)Cc1ccc(O)cc1Cl. The number of carbonyl (C=O) groups excluding carboxylic acids is 1. The van der Waals surface area contributed by atoms with Crippen molar-refractivity contribution in [1.29, 1.82) is 0 Å². The quantitative estimate of drug-likeness (QED) is 0.565. The average molecular weight is 470 g/mol. The molecular weight excluding hydrogens is 443 g/mol. The van der Waals surface area contributed by atoms with E-state index in [1.807, 2.05) is 19.0 Å². The van der Waals surface area contributed by atoms with E-state index in [0.29, 0.717) is 17.0 Å². The van der Waals surface area contributed by atoms with Crippen LogP contribution in [0, 0.1) is 5.41 Å². The number of phenolic OH excluding ortho intramolecular Hbond substituents is 1. The van der Waals surface area contributed by atoms with Crippen LogP contribution in [0.3, 0.4) is 0 Å². The van der Waals surface area contributed by atoms with Crippen LogP contribution in [0.2, 0.25) is 5.02 Å². The molecule has 1 aliphatic rings. The highest BCUT2D eigenvalue weighted by molar-refractivity contribution is 6.31. The van der Waals surface area contributed by atoms with Crippen LogP contribution in [0.25, 0.3) is 0 Å². The minimum absolute atomic E-state index is 0.0242. The number of carbonyl (C=O) groups is 1. The lowest BCUT2D eigenvalue weighted by atomic mass is 9.80. The van der Waals surface area contributed by atoms with Crippen molar-refractivity contribution in [1.82, 2.24) is 15.2 Å². The van der Waals surface area contributed by atoms with Crippen LogP contribution in [0.4, 0.5) is 13.2 Å². The topological polar surface area (TPSA) is 65.5 Å². The number of rotatable bonds is 9. The third-order valence-electron chi connectivity index (χ3n) is 6.28. The van der Waals surface area contributed by atoms with Crippen molar-refractivity contribution in [3.8, 4) is 5.75 Å². The van der Waals surface area contributed by atoms with Crippen LogP contribution in [-0.2, 0) is 11.2 Å². The van der Waals surface area contributed by atoms with Gasteiger partial charge in [-0.05, 0) is 68.8 Å². The zero-order chi connectivity index (χ0) is 23.5. The number of phenols is 1. The summed E-state index contributed by atoms with van der Waals surface area (Å²) in [4.78, 5) is 18.6. The molecular formula is C23H27ClF3N3O2. The van der Waals surface area contributed by atoms with Crippen LogP contribution in [0.5, 0.6) is 5.75 Å². The van der Waals surface area contributed by atoms with E-state index in [4.69, 9.17) is 11.6 Å². The van der Waals surface area contributed by atoms with Gasteiger partial charge in [0.1, 0.15) is 5.75 Å². The minimum atomic E-state index is -4.37. The van der Waals surface area contributed by atoms with Gasteiger partial charge in [-0.25, -0.2) is 0 Å². The Kier molecular flexibility index (Phi) is 7.35. The van der Waals surface area contributed by atoms with Gasteiger partial charge >= 0.3 is 6.18 Å². The second-order valence-electron chi connectivity index (χ2n) is 8.59. The van der Waals surface area contributed by atoms with Crippen molar-refractivity contribution < 1.29 is 23.1 Å². The maximum absolute atomic E-state index is 13.8. The van der Waals surface area contributed by atoms with Crippen LogP contribution < -0.4 is 5.32 Å². The lowest BCUT2D eigenvalue weighted by Crippen LogP contribution is -2.42. The summed E-state index contributed by atoms with van der Waals surface area (Å²) in [6.45, 7) is 0.255. The third kappa shape index (κ3) is 5.53. The molecule has 1 fully saturated rings. The first kappa shape index (κ1) is 24.3. The molecule has 3 rings (SSSR count). The summed E-state index contributed by atoms with van der Waals surface area (Å²) in [6, 6.07) is 7.69. The molecule has 2 unspecified atom stereocenters. The number of pyridine rings is 1. The first-order valence-corrected chi connectivity index (χ1v) is 10.8. The first-order valence-electron chi connectivity index (χ1n) is 10.4. The number of alkyl halides is 3. The van der Waals surface area contributed by atoms with E-state index in [1.165, 1.54) is 24.5 Å². The molecule has 0 saturated heterocycles. The van der Waals surface area contributed by atoms with Crippen molar-refractivity contribution in [2.75, 3.05) is 20.6 Å². The molecule has 1 saturated carbocycles. The van der Waals surface area contributed by atoms with E-state index in [2.05, 4.69) is 10.3 Å². The zero-order valence-electron chi connectivity index (χ0n) is 18.0. The Bertz CT molecular complexity index is 934. The number of aromatic nitrogens is 1. The number of nitrogens with one attached hydrogen (secondary N) is 1. The lowest BCUT2D eigenvalue weighted by molar-refractivity contribution is -0.194. The Balaban J connectivity index is 1.69. The molecule has 0 radical (unpaired) electrons. The molecule has 1 heterocycles. The Morgan fingerprint density at radius 3 is 2.44 bits per heavy atom. The van der Waals surface area contributed by atoms with Crippen LogP contribution >= 0.6 is 11.6 Å². The van der Waals surface area contributed by atoms with Gasteiger partial charge in [0.2, 0.25) is 5.91 Å². The summed E-state index contributed by atoms with van der Waals surface area (Å²) in [5, 5.41) is 12.8. The second kappa shape index (κ2) is 9.67. The molecule has 0 spiro atoms. The van der Waals surface area contributed by atoms with Gasteiger partial charge in [-0.15, -0.1) is 0 Å². The molecule has 0 aliphatic heterocycles. The van der Waals surface area contributed by atoms with Crippen molar-refractivity contribution >= 4 is 17.5 Å². The lowest BCUT2D eigenvalue weighted by Gasteiger charge is -2.30. The summed E-state index contributed by atoms with van der Waals surface area (Å²) >= 11 is 6.20. The highest BCUT2D eigenvalue weighted by Gasteiger charge is 2.67. The second-order valence-corrected chi connectivity index (χ2v) is 9.00. The fourth-order valence-corrected chi connectivity index (χ4v) is 4.33. The normalized spacial score (nSPS) is 17.1. The molecule has 0 bridgehead atoms. The summed E-state index contributed by atoms with van der Waals surface area (Å²) in [6.07, 6.45) is -1.15. The number of likely N-dealkylation sites (N-methyl/N-ethyl adjacent to an activating group) is 1. The fraction of sp³-hybridized carbons (Fsp3) is 0.478. The summed E-state index contributed by atoms with van der Waals surface area (Å²) < 4.78 is 41.5. The maximum atomic E-state index is 13.8. The van der Waals surface area contributed by atoms with Gasteiger partial charge in [-0.2, -0.15) is 13.2 Å². The number of nitrogens with zero attached hydrogens (tertiary/aromatic N) is 2. The Labute approximate surface area is 190 Å². The maximum Gasteiger partial charge on any atom is 0.395 e. The average Bonchev–Trinajstić information content (AvgIpc) is 3.53. The molecule has 174 valence electrons. The van der Waals surface area contributed by atoms with E-state index in [9.17, 15) is 23.1 Å². The van der Waals surface area contributed by atoms with Gasteiger partial charge in [0.15, 0.2) is 0 Å². The highest BCUT2D eigenvalue weighted by Crippen LogP contribution is 2.66. The van der Waals surface area contributed by atoms with Crippen LogP contribution in [-0.4, -0.2) is 53.8 Å². The standard InChI is InChI=1S/C23H27ClF3N3O2/c1-30(2)17(11-16-3-4-18(31)12-20(16)24)14-29-21(32)13-19(15-5-9-28-10-6-15)22(7-8-22)23(25,26)27/h3-6,9-10,12,17,19,31H,7-8,11,13-14H2,1-2H3,(H,29,32). The smallest absolute Gasteiger partial charge is 0.395 e. The predicted octanol–water partition coefficient (Wildman–Crippen LogP) is 4.55. The number of hydrogen-bond donors (Lipinski definition) is 2. The Morgan fingerprint density at radius 1 is 1.25 bits per heavy atom. The number of aromatic hydroxyl groups is 1. The minimum Gasteiger partial charge on any atom is -0.508 e. The van der Waals surface area contributed by atoms with Gasteiger partial charge < -0.3 is 15.3 Å². The molecule has 1 aromatic heterocycles. The number of amides is 1. The molecule has 1 aromatic carbocycles. The van der Waals surface area contributed by atoms with E-state index in [-0.39, 0.29) is 37.6 Å². The van der Waals surface area contributed by atoms with E-state index in [0.717, 1.165) is 5.56 Å². The van der Waals surface area contributed by atoms with Crippen molar-refractivity contribution in [3.63, 3.8) is 0 Å². The molecule has 1 aliphatic carbocycles. The molecule has 1 amide bonds. The molecule has 32 heavy (non-hydrogen) atoms. The first-order chi connectivity index (χ1) is 15.0. The van der Waals surface area contributed by atoms with Gasteiger partial charge in [0.25, 0.3) is 0 Å². The van der Waals surface area contributed by atoms with Gasteiger partial charge in [-0.3, -0.25) is 9.78 Å². The van der Waals surface area contributed by atoms with Crippen LogP contribution in [0.15, 0.2) is 42.7 Å². The highest BCUT2D eigenvalue weighted by atomic mass is 35.5. The number of benzene rings is 1. The summed E-state index contributed by atoms with van der Waals surface area (Å²) in [5.41, 5.74) is -0.572. The van der Waals surface area contributed by atoms with E-state index < -0.39 is 23.4 Å². The molecule has 2 N–H and O–H groups in total. The summed E-state index contributed by atoms with van der Waals surface area (Å²) in [5.74, 6) is -1.31. The molecule has 5 nitrogen and oxygen atoms in total. The van der Waals surface area contributed by atoms with Crippen LogP contribution in [0.1, 0.15) is 36.3 Å². The van der Waals surface area contributed by atoms with Crippen molar-refractivity contribution in [2.24, 2.45) is 5.41 Å². The Morgan fingerprint density at radius 2 is 1.91 bits per heavy atom. The fourth-order valence-electron chi connectivity index (χ4n) is 4.07.